The van der Waals surface area contributed by atoms with Crippen molar-refractivity contribution >= 4 is 101 Å². The van der Waals surface area contributed by atoms with Crippen molar-refractivity contribution in [2.45, 2.75) is 46.8 Å². The van der Waals surface area contributed by atoms with Crippen molar-refractivity contribution in [2.24, 2.45) is 0 Å². The molecule has 4 aromatic carbocycles. The predicted molar refractivity (Wildman–Crippen MR) is 222 cm³/mol. The highest BCUT2D eigenvalue weighted by Gasteiger charge is 2.15. The molecule has 0 aliphatic heterocycles. The Morgan fingerprint density at radius 3 is 1.43 bits per heavy atom. The van der Waals surface area contributed by atoms with Gasteiger partial charge < -0.3 is 30.3 Å². The molecule has 0 bridgehead atoms. The Hall–Kier alpha value is -5.27. The first-order valence-electron chi connectivity index (χ1n) is 16.6. The number of nitrogens with one attached hydrogen (secondary N) is 4. The molecule has 0 radical (unpaired) electrons. The van der Waals surface area contributed by atoms with Crippen LogP contribution in [0, 0.1) is 20.8 Å². The number of aliphatic carboxylic acids is 2. The maximum absolute atomic E-state index is 11.6. The zero-order valence-electron chi connectivity index (χ0n) is 31.5. The van der Waals surface area contributed by atoms with Crippen molar-refractivity contribution in [1.29, 1.82) is 0 Å². The standard InChI is InChI=1S/C19H21ClN2O6S.C18H18Cl2N2O6S/c1-11-4-15(21-17(23)9-18(24)25)5-12(2)19(11)28-10-13-6-14(20)8-16(7-13)22-29(3,26)27;1-10-3-11(5-13(4-10)22-29(2,26)27)9-28-18-14(19)6-12(7-15(18)20)21-16(23)8-17(24)25/h4-8,22H,9-10H2,1-3H3,(H,21,23)(H,24,25);3-7,22H,8-9H2,1-2H3,(H,21,23)(H,24,25). The maximum atomic E-state index is 11.6. The van der Waals surface area contributed by atoms with Gasteiger partial charge in [-0.25, -0.2) is 16.8 Å². The number of amides is 2. The number of benzene rings is 4. The van der Waals surface area contributed by atoms with Crippen LogP contribution in [0.5, 0.6) is 11.5 Å². The average Bonchev–Trinajstić information content (AvgIpc) is 3.01. The van der Waals surface area contributed by atoms with Gasteiger partial charge in [-0.1, -0.05) is 40.9 Å². The summed E-state index contributed by atoms with van der Waals surface area (Å²) >= 11 is 18.4. The van der Waals surface area contributed by atoms with E-state index in [0.29, 0.717) is 39.0 Å². The summed E-state index contributed by atoms with van der Waals surface area (Å²) in [6, 6.07) is 16.0. The first-order valence-corrected chi connectivity index (χ1v) is 21.5. The Morgan fingerprint density at radius 2 is 0.983 bits per heavy atom. The van der Waals surface area contributed by atoms with Gasteiger partial charge in [-0.05, 0) is 103 Å². The van der Waals surface area contributed by atoms with Crippen molar-refractivity contribution in [2.75, 3.05) is 32.6 Å². The largest absolute Gasteiger partial charge is 0.488 e. The number of hydrogen-bond donors (Lipinski definition) is 6. The van der Waals surface area contributed by atoms with E-state index in [-0.39, 0.29) is 34.7 Å². The Morgan fingerprint density at radius 1 is 0.569 bits per heavy atom. The molecule has 0 fully saturated rings. The lowest BCUT2D eigenvalue weighted by Crippen LogP contribution is -2.16. The van der Waals surface area contributed by atoms with Crippen molar-refractivity contribution in [3.05, 3.63) is 104 Å². The van der Waals surface area contributed by atoms with Crippen LogP contribution >= 0.6 is 34.8 Å². The van der Waals surface area contributed by atoms with Crippen molar-refractivity contribution < 1.29 is 55.7 Å². The Labute approximate surface area is 349 Å². The van der Waals surface area contributed by atoms with Crippen LogP contribution in [0.15, 0.2) is 60.7 Å². The minimum absolute atomic E-state index is 0.0598. The molecule has 21 heteroatoms. The highest BCUT2D eigenvalue weighted by molar-refractivity contribution is 7.92. The third kappa shape index (κ3) is 16.7. The molecule has 2 amide bonds. The number of carbonyl (C=O) groups is 4. The third-order valence-electron chi connectivity index (χ3n) is 7.12. The quantitative estimate of drug-likeness (QED) is 0.0624. The molecule has 6 N–H and O–H groups in total. The number of carboxylic acids is 2. The summed E-state index contributed by atoms with van der Waals surface area (Å²) in [5.74, 6) is -3.04. The van der Waals surface area contributed by atoms with Gasteiger partial charge in [0, 0.05) is 22.1 Å². The second-order valence-electron chi connectivity index (χ2n) is 12.8. The Bertz CT molecular complexity index is 2230. The van der Waals surface area contributed by atoms with Gasteiger partial charge in [-0.3, -0.25) is 28.6 Å². The average molecular weight is 902 g/mol. The van der Waals surface area contributed by atoms with Gasteiger partial charge in [0.25, 0.3) is 0 Å². The SMILES string of the molecule is Cc1cc(COc2c(Cl)cc(NC(=O)CC(=O)O)cc2Cl)cc(NS(C)(=O)=O)c1.Cc1cc(NC(=O)CC(=O)O)cc(C)c1OCc1cc(Cl)cc(NS(C)(=O)=O)c1. The highest BCUT2D eigenvalue weighted by atomic mass is 35.5. The summed E-state index contributed by atoms with van der Waals surface area (Å²) in [5, 5.41) is 22.8. The molecule has 4 rings (SSSR count). The number of anilines is 4. The third-order valence-corrected chi connectivity index (χ3v) is 9.11. The molecule has 312 valence electrons. The van der Waals surface area contributed by atoms with Crippen LogP contribution in [-0.4, -0.2) is 63.3 Å². The van der Waals surface area contributed by atoms with Gasteiger partial charge in [0.2, 0.25) is 31.9 Å². The van der Waals surface area contributed by atoms with Crippen LogP contribution < -0.4 is 29.6 Å². The van der Waals surface area contributed by atoms with Crippen LogP contribution in [0.1, 0.15) is 40.7 Å². The first kappa shape index (κ1) is 47.1. The zero-order chi connectivity index (χ0) is 43.5. The van der Waals surface area contributed by atoms with Crippen LogP contribution in [0.2, 0.25) is 15.1 Å². The molecule has 58 heavy (non-hydrogen) atoms. The van der Waals surface area contributed by atoms with Crippen LogP contribution in [0.3, 0.4) is 0 Å². The molecule has 0 unspecified atom stereocenters. The van der Waals surface area contributed by atoms with Crippen LogP contribution in [-0.2, 0) is 52.4 Å². The number of rotatable bonds is 16. The molecule has 0 atom stereocenters. The van der Waals surface area contributed by atoms with E-state index in [1.54, 1.807) is 50.2 Å². The van der Waals surface area contributed by atoms with Gasteiger partial charge in [0.1, 0.15) is 31.8 Å². The number of carboxylic acid groups (broad SMARTS) is 2. The van der Waals surface area contributed by atoms with Crippen LogP contribution in [0.4, 0.5) is 22.7 Å². The van der Waals surface area contributed by atoms with E-state index in [4.69, 9.17) is 54.5 Å². The Kier molecular flexibility index (Phi) is 16.6. The normalized spacial score (nSPS) is 11.0. The topological polar surface area (TPSA) is 244 Å². The van der Waals surface area contributed by atoms with Gasteiger partial charge in [-0.2, -0.15) is 0 Å². The zero-order valence-corrected chi connectivity index (χ0v) is 35.4. The smallest absolute Gasteiger partial charge is 0.312 e. The molecule has 0 aromatic heterocycles. The molecule has 0 aliphatic carbocycles. The minimum Gasteiger partial charge on any atom is -0.488 e. The number of carbonyl (C=O) groups excluding carboxylic acids is 2. The lowest BCUT2D eigenvalue weighted by Gasteiger charge is -2.15. The van der Waals surface area contributed by atoms with Gasteiger partial charge in [0.15, 0.2) is 5.75 Å². The van der Waals surface area contributed by atoms with E-state index < -0.39 is 56.6 Å². The van der Waals surface area contributed by atoms with E-state index in [1.807, 2.05) is 13.0 Å². The number of halogens is 3. The van der Waals surface area contributed by atoms with E-state index in [1.165, 1.54) is 18.2 Å². The summed E-state index contributed by atoms with van der Waals surface area (Å²) in [7, 11) is -6.85. The van der Waals surface area contributed by atoms with Gasteiger partial charge >= 0.3 is 11.9 Å². The highest BCUT2D eigenvalue weighted by Crippen LogP contribution is 2.37. The van der Waals surface area contributed by atoms with E-state index in [9.17, 15) is 36.0 Å². The van der Waals surface area contributed by atoms with Crippen molar-refractivity contribution in [1.82, 2.24) is 0 Å². The summed E-state index contributed by atoms with van der Waals surface area (Å²) in [5.41, 5.74) is 5.10. The molecule has 0 saturated heterocycles. The molecule has 4 aromatic rings. The van der Waals surface area contributed by atoms with E-state index in [0.717, 1.165) is 29.2 Å². The summed E-state index contributed by atoms with van der Waals surface area (Å²) < 4.78 is 62.0. The maximum Gasteiger partial charge on any atom is 0.312 e. The van der Waals surface area contributed by atoms with Gasteiger partial charge in [0.05, 0.1) is 28.2 Å². The second-order valence-corrected chi connectivity index (χ2v) is 17.6. The lowest BCUT2D eigenvalue weighted by molar-refractivity contribution is -0.141. The fourth-order valence-electron chi connectivity index (χ4n) is 5.24. The van der Waals surface area contributed by atoms with E-state index in [2.05, 4.69) is 20.1 Å². The second kappa shape index (κ2) is 20.4. The number of sulfonamides is 2. The van der Waals surface area contributed by atoms with Gasteiger partial charge in [-0.15, -0.1) is 0 Å². The molecular weight excluding hydrogens is 863 g/mol. The predicted octanol–water partition coefficient (Wildman–Crippen LogP) is 6.99. The molecule has 16 nitrogen and oxygen atoms in total. The molecular formula is C37H39Cl3N4O12S2. The lowest BCUT2D eigenvalue weighted by atomic mass is 10.1. The molecule has 0 heterocycles. The van der Waals surface area contributed by atoms with E-state index >= 15 is 0 Å². The fraction of sp³-hybridized carbons (Fsp3) is 0.243. The summed E-state index contributed by atoms with van der Waals surface area (Å²) in [6.45, 7) is 5.61. The number of ether oxygens (including phenoxy) is 2. The summed E-state index contributed by atoms with van der Waals surface area (Å²) in [6.07, 6.45) is 0.801. The Balaban J connectivity index is 0.000000310. The van der Waals surface area contributed by atoms with Crippen molar-refractivity contribution in [3.8, 4) is 11.5 Å². The number of aryl methyl sites for hydroxylation is 3. The molecule has 0 aliphatic rings. The molecule has 0 saturated carbocycles. The monoisotopic (exact) mass is 900 g/mol. The minimum atomic E-state index is -3.43. The molecule has 0 spiro atoms. The van der Waals surface area contributed by atoms with Crippen molar-refractivity contribution in [3.63, 3.8) is 0 Å². The fourth-order valence-corrected chi connectivity index (χ4v) is 7.19. The summed E-state index contributed by atoms with van der Waals surface area (Å²) in [4.78, 5) is 44.3. The first-order chi connectivity index (χ1) is 26.8. The number of hydrogen-bond acceptors (Lipinski definition) is 10. The van der Waals surface area contributed by atoms with Crippen LogP contribution in [0.25, 0.3) is 0 Å².